The minimum atomic E-state index is -2.07. The molecule has 0 saturated carbocycles. The molecule has 0 amide bonds. The molecule has 0 aliphatic carbocycles. The Morgan fingerprint density at radius 3 is 1.03 bits per heavy atom. The van der Waals surface area contributed by atoms with Crippen LogP contribution in [0, 0.1) is 0 Å². The van der Waals surface area contributed by atoms with E-state index in [9.17, 15) is 0 Å². The fraction of sp³-hybridized carbons (Fsp3) is 0.455. The second-order valence-corrected chi connectivity index (χ2v) is 45.7. The van der Waals surface area contributed by atoms with Gasteiger partial charge in [-0.2, -0.15) is 0 Å². The fourth-order valence-corrected chi connectivity index (χ4v) is 78.2. The molecule has 0 aliphatic rings. The predicted octanol–water partition coefficient (Wildman–Crippen LogP) is 10.3. The fourth-order valence-electron chi connectivity index (χ4n) is 9.99. The van der Waals surface area contributed by atoms with E-state index in [1.807, 2.05) is 0 Å². The molecule has 3 aromatic rings. The van der Waals surface area contributed by atoms with E-state index in [1.54, 1.807) is 0 Å². The molecule has 0 spiro atoms. The van der Waals surface area contributed by atoms with Crippen LogP contribution in [0.4, 0.5) is 0 Å². The van der Waals surface area contributed by atoms with Crippen LogP contribution in [0.25, 0.3) is 0 Å². The molecule has 0 fully saturated rings. The van der Waals surface area contributed by atoms with Gasteiger partial charge < -0.3 is 0 Å². The molecule has 0 nitrogen and oxygen atoms in total. The Hall–Kier alpha value is -0.930. The van der Waals surface area contributed by atoms with Gasteiger partial charge in [-0.25, -0.2) is 0 Å². The van der Waals surface area contributed by atoms with E-state index in [0.29, 0.717) is 0 Å². The molecule has 0 heterocycles. The van der Waals surface area contributed by atoms with Crippen LogP contribution in [0.3, 0.4) is 0 Å². The third-order valence-electron chi connectivity index (χ3n) is 9.11. The summed E-state index contributed by atoms with van der Waals surface area (Å²) >= 11 is -1.38. The van der Waals surface area contributed by atoms with Crippen LogP contribution >= 0.6 is 0 Å². The second-order valence-electron chi connectivity index (χ2n) is 15.1. The SMILES string of the molecule is [CH3][Ge]([CH3])[CH]([Si](C)(C)C([Si](C)(C)C)[Si](C)(C)C)[Si](C)(C)C(c1ccccc1)(c1ccccc1)c1ccccc1. The van der Waals surface area contributed by atoms with Gasteiger partial charge in [-0.15, -0.1) is 0 Å². The van der Waals surface area contributed by atoms with Crippen LogP contribution in [0.2, 0.25) is 85.8 Å². The first-order chi connectivity index (χ1) is 17.5. The predicted molar refractivity (Wildman–Crippen MR) is 186 cm³/mol. The maximum atomic E-state index is 2.86. The first kappa shape index (κ1) is 31.6. The average molecular weight is 635 g/mol. The quantitative estimate of drug-likeness (QED) is 0.154. The summed E-state index contributed by atoms with van der Waals surface area (Å²) in [7, 11) is -6.49. The van der Waals surface area contributed by atoms with Crippen molar-refractivity contribution in [2.24, 2.45) is 0 Å². The van der Waals surface area contributed by atoms with Gasteiger partial charge in [0.15, 0.2) is 0 Å². The standard InChI is InChI=1S/C33H53GeSi4/c1-34(2)31(37(9,10)32(35(3,4)5)36(6,7)8)38(11,12)33(28-22-16-13-17-23-28,29-24-18-14-19-25-29)30-26-20-15-21-27-30/h13-27,31-32H,1-12H3. The Morgan fingerprint density at radius 1 is 0.500 bits per heavy atom. The molecular weight excluding hydrogens is 581 g/mol. The number of hydrogen-bond acceptors (Lipinski definition) is 0. The number of rotatable bonds is 10. The zero-order valence-corrected chi connectivity index (χ0v) is 32.4. The van der Waals surface area contributed by atoms with Crippen molar-refractivity contribution in [1.82, 2.24) is 0 Å². The summed E-state index contributed by atoms with van der Waals surface area (Å²) in [6.45, 7) is 27.5. The van der Waals surface area contributed by atoms with Crippen LogP contribution in [0.5, 0.6) is 0 Å². The molecule has 0 saturated heterocycles. The van der Waals surface area contributed by atoms with E-state index in [1.165, 1.54) is 16.7 Å². The van der Waals surface area contributed by atoms with Gasteiger partial charge in [0.2, 0.25) is 0 Å². The topological polar surface area (TPSA) is 0 Å². The molecule has 3 rings (SSSR count). The van der Waals surface area contributed by atoms with Gasteiger partial charge in [0.1, 0.15) is 0 Å². The van der Waals surface area contributed by atoms with Gasteiger partial charge >= 0.3 is 245 Å². The molecule has 1 radical (unpaired) electrons. The van der Waals surface area contributed by atoms with E-state index in [-0.39, 0.29) is 5.04 Å². The maximum absolute atomic E-state index is 2.86. The van der Waals surface area contributed by atoms with Gasteiger partial charge in [-0.3, -0.25) is 0 Å². The van der Waals surface area contributed by atoms with Crippen molar-refractivity contribution < 1.29 is 0 Å². The van der Waals surface area contributed by atoms with Crippen molar-refractivity contribution in [3.8, 4) is 0 Å². The van der Waals surface area contributed by atoms with Gasteiger partial charge in [-0.1, -0.05) is 0 Å². The van der Waals surface area contributed by atoms with Crippen LogP contribution < -0.4 is 0 Å². The van der Waals surface area contributed by atoms with Crippen molar-refractivity contribution >= 4 is 46.6 Å². The van der Waals surface area contributed by atoms with Crippen LogP contribution in [0.15, 0.2) is 91.0 Å². The Balaban J connectivity index is 2.50. The third kappa shape index (κ3) is 5.76. The molecule has 0 N–H and O–H groups in total. The molecule has 1 atom stereocenters. The van der Waals surface area contributed by atoms with Crippen molar-refractivity contribution in [2.45, 2.75) is 90.8 Å². The third-order valence-corrected chi connectivity index (χ3v) is 56.7. The van der Waals surface area contributed by atoms with E-state index in [2.05, 4.69) is 168 Å². The Morgan fingerprint density at radius 2 is 0.789 bits per heavy atom. The zero-order chi connectivity index (χ0) is 28.6. The normalized spacial score (nSPS) is 14.7. The summed E-state index contributed by atoms with van der Waals surface area (Å²) in [5, 5.41) is -0.0839. The number of benzene rings is 3. The van der Waals surface area contributed by atoms with E-state index >= 15 is 0 Å². The van der Waals surface area contributed by atoms with Crippen molar-refractivity contribution in [1.29, 1.82) is 0 Å². The molecule has 0 aliphatic heterocycles. The molecule has 1 unspecified atom stereocenters. The average Bonchev–Trinajstić information content (AvgIpc) is 2.78. The molecule has 3 aromatic carbocycles. The summed E-state index contributed by atoms with van der Waals surface area (Å²) in [5.41, 5.74) is 4.50. The number of hydrogen-bond donors (Lipinski definition) is 0. The van der Waals surface area contributed by atoms with Crippen molar-refractivity contribution in [3.05, 3.63) is 108 Å². The minimum absolute atomic E-state index is 0.0839. The second kappa shape index (κ2) is 11.5. The summed E-state index contributed by atoms with van der Waals surface area (Å²) in [6, 6.07) is 34.9. The Kier molecular flexibility index (Phi) is 9.57. The first-order valence-corrected chi connectivity index (χ1v) is 33.3. The Labute approximate surface area is 243 Å². The summed E-state index contributed by atoms with van der Waals surface area (Å²) in [6.07, 6.45) is 0. The van der Waals surface area contributed by atoms with Crippen LogP contribution in [-0.4, -0.2) is 46.6 Å². The van der Waals surface area contributed by atoms with Crippen LogP contribution in [-0.2, 0) is 5.04 Å². The molecule has 38 heavy (non-hydrogen) atoms. The summed E-state index contributed by atoms with van der Waals surface area (Å²) < 4.78 is 0.930. The molecule has 205 valence electrons. The van der Waals surface area contributed by atoms with Crippen molar-refractivity contribution in [2.75, 3.05) is 0 Å². The van der Waals surface area contributed by atoms with Gasteiger partial charge in [0.25, 0.3) is 0 Å². The molecule has 0 aromatic heterocycles. The Bertz CT molecular complexity index is 1050. The van der Waals surface area contributed by atoms with E-state index < -0.39 is 46.6 Å². The van der Waals surface area contributed by atoms with Gasteiger partial charge in [-0.05, 0) is 0 Å². The van der Waals surface area contributed by atoms with Gasteiger partial charge in [0.05, 0.1) is 0 Å². The van der Waals surface area contributed by atoms with Crippen LogP contribution in [0.1, 0.15) is 16.7 Å². The van der Waals surface area contributed by atoms with Crippen molar-refractivity contribution in [3.63, 3.8) is 0 Å². The summed E-state index contributed by atoms with van der Waals surface area (Å²) in [5.74, 6) is 5.46. The zero-order valence-electron chi connectivity index (χ0n) is 26.3. The van der Waals surface area contributed by atoms with Gasteiger partial charge in [0, 0.05) is 0 Å². The summed E-state index contributed by atoms with van der Waals surface area (Å²) in [4.78, 5) is 1.00. The molecular formula is C33H53GeSi4. The monoisotopic (exact) mass is 635 g/mol. The molecule has 5 heteroatoms. The van der Waals surface area contributed by atoms with E-state index in [4.69, 9.17) is 0 Å². The first-order valence-electron chi connectivity index (χ1n) is 14.5. The molecule has 0 bridgehead atoms. The van der Waals surface area contributed by atoms with E-state index in [0.717, 1.165) is 8.78 Å².